The van der Waals surface area contributed by atoms with Crippen molar-refractivity contribution < 1.29 is 9.90 Å². The Morgan fingerprint density at radius 2 is 1.78 bits per heavy atom. The Morgan fingerprint density at radius 1 is 1.11 bits per heavy atom. The van der Waals surface area contributed by atoms with Gasteiger partial charge < -0.3 is 10.4 Å². The van der Waals surface area contributed by atoms with Crippen molar-refractivity contribution in [3.05, 3.63) is 58.1 Å². The molecule has 92 valence electrons. The van der Waals surface area contributed by atoms with Crippen LogP contribution < -0.4 is 5.32 Å². The number of phenols is 1. The van der Waals surface area contributed by atoms with Crippen molar-refractivity contribution in [3.63, 3.8) is 0 Å². The van der Waals surface area contributed by atoms with Gasteiger partial charge in [-0.15, -0.1) is 0 Å². The fourth-order valence-electron chi connectivity index (χ4n) is 1.45. The van der Waals surface area contributed by atoms with Gasteiger partial charge in [0.2, 0.25) is 0 Å². The molecular formula is C13H9Cl2NO2. The van der Waals surface area contributed by atoms with Gasteiger partial charge in [0.15, 0.2) is 5.75 Å². The smallest absolute Gasteiger partial charge is 0.255 e. The molecule has 2 N–H and O–H groups in total. The second kappa shape index (κ2) is 5.29. The lowest BCUT2D eigenvalue weighted by Gasteiger charge is -2.09. The summed E-state index contributed by atoms with van der Waals surface area (Å²) in [5.74, 6) is -0.547. The van der Waals surface area contributed by atoms with E-state index in [0.717, 1.165) is 0 Å². The van der Waals surface area contributed by atoms with E-state index in [1.807, 2.05) is 6.07 Å². The molecule has 2 rings (SSSR count). The minimum absolute atomic E-state index is 0.0888. The molecule has 1 amide bonds. The highest BCUT2D eigenvalue weighted by Gasteiger charge is 2.12. The fourth-order valence-corrected chi connectivity index (χ4v) is 1.94. The summed E-state index contributed by atoms with van der Waals surface area (Å²) in [7, 11) is 0. The zero-order valence-corrected chi connectivity index (χ0v) is 10.7. The largest absolute Gasteiger partial charge is 0.504 e. The Labute approximate surface area is 114 Å². The van der Waals surface area contributed by atoms with E-state index in [2.05, 4.69) is 5.32 Å². The van der Waals surface area contributed by atoms with Gasteiger partial charge in [-0.25, -0.2) is 0 Å². The van der Waals surface area contributed by atoms with Crippen LogP contribution in [0.25, 0.3) is 0 Å². The number of benzene rings is 2. The van der Waals surface area contributed by atoms with Crippen LogP contribution in [0.1, 0.15) is 10.4 Å². The van der Waals surface area contributed by atoms with E-state index in [4.69, 9.17) is 23.2 Å². The fraction of sp³-hybridized carbons (Fsp3) is 0. The normalized spacial score (nSPS) is 10.1. The van der Waals surface area contributed by atoms with E-state index in [0.29, 0.717) is 10.6 Å². The van der Waals surface area contributed by atoms with Crippen molar-refractivity contribution in [2.75, 3.05) is 5.32 Å². The third-order valence-electron chi connectivity index (χ3n) is 2.31. The lowest BCUT2D eigenvalue weighted by Crippen LogP contribution is -2.11. The molecule has 0 saturated heterocycles. The van der Waals surface area contributed by atoms with Crippen molar-refractivity contribution in [1.82, 2.24) is 0 Å². The molecule has 0 saturated carbocycles. The van der Waals surface area contributed by atoms with Gasteiger partial charge in [-0.05, 0) is 24.3 Å². The van der Waals surface area contributed by atoms with E-state index in [9.17, 15) is 9.90 Å². The number of aromatic hydroxyl groups is 1. The summed E-state index contributed by atoms with van der Waals surface area (Å²) in [6.45, 7) is 0. The quantitative estimate of drug-likeness (QED) is 0.819. The first-order valence-electron chi connectivity index (χ1n) is 5.12. The second-order valence-corrected chi connectivity index (χ2v) is 4.45. The molecule has 0 aliphatic rings. The van der Waals surface area contributed by atoms with Crippen molar-refractivity contribution in [2.45, 2.75) is 0 Å². The molecule has 0 aliphatic heterocycles. The van der Waals surface area contributed by atoms with Gasteiger partial charge in [0.25, 0.3) is 5.91 Å². The standard InChI is InChI=1S/C13H9Cl2NO2/c14-9-6-10(15)12(17)11(7-9)16-13(18)8-4-2-1-3-5-8/h1-7,17H,(H,16,18). The zero-order valence-electron chi connectivity index (χ0n) is 9.15. The Morgan fingerprint density at radius 3 is 2.44 bits per heavy atom. The van der Waals surface area contributed by atoms with Crippen LogP contribution in [-0.4, -0.2) is 11.0 Å². The number of halogens is 2. The van der Waals surface area contributed by atoms with Crippen molar-refractivity contribution in [1.29, 1.82) is 0 Å². The Kier molecular flexibility index (Phi) is 3.75. The topological polar surface area (TPSA) is 49.3 Å². The average Bonchev–Trinajstić information content (AvgIpc) is 2.36. The molecule has 0 fully saturated rings. The second-order valence-electron chi connectivity index (χ2n) is 3.60. The maximum Gasteiger partial charge on any atom is 0.255 e. The highest BCUT2D eigenvalue weighted by Crippen LogP contribution is 2.35. The third kappa shape index (κ3) is 2.75. The number of carbonyl (C=O) groups excluding carboxylic acids is 1. The van der Waals surface area contributed by atoms with Crippen LogP contribution in [-0.2, 0) is 0 Å². The van der Waals surface area contributed by atoms with Gasteiger partial charge in [0.05, 0.1) is 10.7 Å². The van der Waals surface area contributed by atoms with Crippen molar-refractivity contribution in [2.24, 2.45) is 0 Å². The maximum absolute atomic E-state index is 11.9. The molecule has 0 unspecified atom stereocenters. The first-order valence-corrected chi connectivity index (χ1v) is 5.88. The Balaban J connectivity index is 2.28. The molecule has 0 spiro atoms. The first-order chi connectivity index (χ1) is 8.58. The third-order valence-corrected chi connectivity index (χ3v) is 2.82. The minimum atomic E-state index is -0.343. The number of rotatable bonds is 2. The number of nitrogens with one attached hydrogen (secondary N) is 1. The predicted molar refractivity (Wildman–Crippen MR) is 72.5 cm³/mol. The van der Waals surface area contributed by atoms with Crippen LogP contribution >= 0.6 is 23.2 Å². The number of carbonyl (C=O) groups is 1. The molecule has 3 nitrogen and oxygen atoms in total. The average molecular weight is 282 g/mol. The number of phenolic OH excluding ortho intramolecular Hbond substituents is 1. The number of amides is 1. The molecule has 5 heteroatoms. The van der Waals surface area contributed by atoms with Gasteiger partial charge in [-0.3, -0.25) is 4.79 Å². The van der Waals surface area contributed by atoms with E-state index >= 15 is 0 Å². The molecule has 2 aromatic carbocycles. The van der Waals surface area contributed by atoms with Gasteiger partial charge in [-0.2, -0.15) is 0 Å². The Bertz CT molecular complexity index is 585. The van der Waals surface area contributed by atoms with Crippen LogP contribution in [0.15, 0.2) is 42.5 Å². The summed E-state index contributed by atoms with van der Waals surface area (Å²) in [4.78, 5) is 11.9. The van der Waals surface area contributed by atoms with E-state index in [1.165, 1.54) is 12.1 Å². The lowest BCUT2D eigenvalue weighted by atomic mass is 10.2. The summed E-state index contributed by atoms with van der Waals surface area (Å²) >= 11 is 11.6. The highest BCUT2D eigenvalue weighted by molar-refractivity contribution is 6.36. The Hall–Kier alpha value is -1.71. The van der Waals surface area contributed by atoms with Crippen LogP contribution in [0.2, 0.25) is 10.0 Å². The van der Waals surface area contributed by atoms with Crippen LogP contribution in [0.5, 0.6) is 5.75 Å². The SMILES string of the molecule is O=C(Nc1cc(Cl)cc(Cl)c1O)c1ccccc1. The number of anilines is 1. The molecule has 2 aromatic rings. The monoisotopic (exact) mass is 281 g/mol. The predicted octanol–water partition coefficient (Wildman–Crippen LogP) is 3.95. The van der Waals surface area contributed by atoms with E-state index in [-0.39, 0.29) is 22.4 Å². The minimum Gasteiger partial charge on any atom is -0.504 e. The van der Waals surface area contributed by atoms with Gasteiger partial charge in [-0.1, -0.05) is 41.4 Å². The summed E-state index contributed by atoms with van der Waals surface area (Å²) < 4.78 is 0. The molecule has 0 aromatic heterocycles. The molecule has 0 heterocycles. The van der Waals surface area contributed by atoms with Gasteiger partial charge >= 0.3 is 0 Å². The van der Waals surface area contributed by atoms with Gasteiger partial charge in [0, 0.05) is 10.6 Å². The lowest BCUT2D eigenvalue weighted by molar-refractivity contribution is 0.102. The number of hydrogen-bond acceptors (Lipinski definition) is 2. The summed E-state index contributed by atoms with van der Waals surface area (Å²) in [6, 6.07) is 11.5. The first kappa shape index (κ1) is 12.7. The van der Waals surface area contributed by atoms with E-state index < -0.39 is 0 Å². The molecular weight excluding hydrogens is 273 g/mol. The van der Waals surface area contributed by atoms with Gasteiger partial charge in [0.1, 0.15) is 0 Å². The van der Waals surface area contributed by atoms with Crippen molar-refractivity contribution in [3.8, 4) is 5.75 Å². The molecule has 18 heavy (non-hydrogen) atoms. The van der Waals surface area contributed by atoms with Crippen LogP contribution in [0.3, 0.4) is 0 Å². The summed E-state index contributed by atoms with van der Waals surface area (Å²) in [6.07, 6.45) is 0. The van der Waals surface area contributed by atoms with E-state index in [1.54, 1.807) is 24.3 Å². The summed E-state index contributed by atoms with van der Waals surface area (Å²) in [5, 5.41) is 12.7. The van der Waals surface area contributed by atoms with Crippen LogP contribution in [0, 0.1) is 0 Å². The maximum atomic E-state index is 11.9. The molecule has 0 aliphatic carbocycles. The highest BCUT2D eigenvalue weighted by atomic mass is 35.5. The van der Waals surface area contributed by atoms with Crippen molar-refractivity contribution >= 4 is 34.8 Å². The number of hydrogen-bond donors (Lipinski definition) is 2. The molecule has 0 radical (unpaired) electrons. The summed E-state index contributed by atoms with van der Waals surface area (Å²) in [5.41, 5.74) is 0.661. The molecule has 0 atom stereocenters. The zero-order chi connectivity index (χ0) is 13.1. The van der Waals surface area contributed by atoms with Crippen LogP contribution in [0.4, 0.5) is 5.69 Å². The molecule has 0 bridgehead atoms.